The van der Waals surface area contributed by atoms with Gasteiger partial charge >= 0.3 is 0 Å². The van der Waals surface area contributed by atoms with E-state index in [0.717, 1.165) is 31.4 Å². The van der Waals surface area contributed by atoms with Crippen LogP contribution < -0.4 is 4.74 Å². The summed E-state index contributed by atoms with van der Waals surface area (Å²) in [6, 6.07) is 2.04. The lowest BCUT2D eigenvalue weighted by atomic mass is 9.99. The lowest BCUT2D eigenvalue weighted by molar-refractivity contribution is 0.0104. The van der Waals surface area contributed by atoms with Crippen molar-refractivity contribution in [2.24, 2.45) is 0 Å². The van der Waals surface area contributed by atoms with Gasteiger partial charge in [-0.15, -0.1) is 0 Å². The average molecular weight is 284 g/mol. The largest absolute Gasteiger partial charge is 0.497 e. The Morgan fingerprint density at radius 1 is 1.35 bits per heavy atom. The van der Waals surface area contributed by atoms with E-state index < -0.39 is 23.0 Å². The monoisotopic (exact) mass is 284 g/mol. The minimum atomic E-state index is -0.878. The number of carbonyl (C=O) groups excluding carboxylic acids is 1. The van der Waals surface area contributed by atoms with Crippen LogP contribution in [0.1, 0.15) is 42.5 Å². The fourth-order valence-electron chi connectivity index (χ4n) is 2.39. The SMILES string of the molecule is COc1cc(F)c(C(=O)CCC2CCCCO2)c(F)c1. The van der Waals surface area contributed by atoms with Crippen LogP contribution in [0.4, 0.5) is 8.78 Å². The summed E-state index contributed by atoms with van der Waals surface area (Å²) in [5.74, 6) is -2.23. The van der Waals surface area contributed by atoms with Gasteiger partial charge in [0.15, 0.2) is 5.78 Å². The molecule has 1 fully saturated rings. The van der Waals surface area contributed by atoms with Gasteiger partial charge in [-0.25, -0.2) is 8.78 Å². The number of halogens is 2. The highest BCUT2D eigenvalue weighted by molar-refractivity contribution is 5.96. The molecule has 1 saturated heterocycles. The van der Waals surface area contributed by atoms with Crippen molar-refractivity contribution in [3.05, 3.63) is 29.3 Å². The van der Waals surface area contributed by atoms with Crippen LogP contribution in [0.15, 0.2) is 12.1 Å². The molecule has 3 nitrogen and oxygen atoms in total. The van der Waals surface area contributed by atoms with Crippen molar-refractivity contribution in [2.45, 2.75) is 38.2 Å². The second-order valence-electron chi connectivity index (χ2n) is 4.92. The fraction of sp³-hybridized carbons (Fsp3) is 0.533. The molecule has 0 amide bonds. The van der Waals surface area contributed by atoms with Crippen molar-refractivity contribution >= 4 is 5.78 Å². The zero-order valence-electron chi connectivity index (χ0n) is 11.5. The highest BCUT2D eigenvalue weighted by Gasteiger charge is 2.21. The molecule has 20 heavy (non-hydrogen) atoms. The Balaban J connectivity index is 2.01. The van der Waals surface area contributed by atoms with E-state index in [2.05, 4.69) is 0 Å². The minimum Gasteiger partial charge on any atom is -0.497 e. The molecule has 0 aliphatic carbocycles. The van der Waals surface area contributed by atoms with Gasteiger partial charge in [0.2, 0.25) is 0 Å². The number of ether oxygens (including phenoxy) is 2. The third-order valence-electron chi connectivity index (χ3n) is 3.50. The number of hydrogen-bond donors (Lipinski definition) is 0. The number of ketones is 1. The van der Waals surface area contributed by atoms with Crippen LogP contribution >= 0.6 is 0 Å². The molecule has 1 aromatic rings. The van der Waals surface area contributed by atoms with Gasteiger partial charge in [-0.2, -0.15) is 0 Å². The topological polar surface area (TPSA) is 35.5 Å². The van der Waals surface area contributed by atoms with Gasteiger partial charge in [-0.05, 0) is 25.7 Å². The Kier molecular flexibility index (Phi) is 5.06. The van der Waals surface area contributed by atoms with Gasteiger partial charge in [0.05, 0.1) is 18.8 Å². The van der Waals surface area contributed by atoms with E-state index in [-0.39, 0.29) is 18.3 Å². The van der Waals surface area contributed by atoms with E-state index in [1.54, 1.807) is 0 Å². The molecule has 5 heteroatoms. The molecule has 1 heterocycles. The van der Waals surface area contributed by atoms with Gasteiger partial charge in [-0.3, -0.25) is 4.79 Å². The van der Waals surface area contributed by atoms with E-state index in [0.29, 0.717) is 13.0 Å². The summed E-state index contributed by atoms with van der Waals surface area (Å²) in [5, 5.41) is 0. The Morgan fingerprint density at radius 3 is 2.60 bits per heavy atom. The molecule has 1 atom stereocenters. The van der Waals surface area contributed by atoms with Crippen LogP contribution in [-0.4, -0.2) is 25.6 Å². The maximum atomic E-state index is 13.7. The third kappa shape index (κ3) is 3.54. The molecule has 0 aromatic heterocycles. The van der Waals surface area contributed by atoms with Gasteiger partial charge < -0.3 is 9.47 Å². The van der Waals surface area contributed by atoms with Crippen LogP contribution in [0, 0.1) is 11.6 Å². The minimum absolute atomic E-state index is 0.0251. The molecule has 1 unspecified atom stereocenters. The van der Waals surface area contributed by atoms with E-state index >= 15 is 0 Å². The molecular weight excluding hydrogens is 266 g/mol. The first-order valence-corrected chi connectivity index (χ1v) is 6.79. The number of rotatable bonds is 5. The average Bonchev–Trinajstić information content (AvgIpc) is 2.45. The van der Waals surface area contributed by atoms with Gasteiger partial charge in [0.25, 0.3) is 0 Å². The Labute approximate surface area is 116 Å². The summed E-state index contributed by atoms with van der Waals surface area (Å²) in [6.45, 7) is 0.699. The number of hydrogen-bond acceptors (Lipinski definition) is 3. The molecule has 2 rings (SSSR count). The molecule has 110 valence electrons. The lowest BCUT2D eigenvalue weighted by Gasteiger charge is -2.22. The number of methoxy groups -OCH3 is 1. The maximum absolute atomic E-state index is 13.7. The molecule has 0 spiro atoms. The van der Waals surface area contributed by atoms with E-state index in [9.17, 15) is 13.6 Å². The summed E-state index contributed by atoms with van der Waals surface area (Å²) < 4.78 is 37.7. The smallest absolute Gasteiger partial charge is 0.168 e. The predicted molar refractivity (Wildman–Crippen MR) is 70.1 cm³/mol. The number of Topliss-reactive ketones (excluding diaryl/α,β-unsaturated/α-hetero) is 1. The molecule has 0 bridgehead atoms. The molecule has 0 saturated carbocycles. The first-order chi connectivity index (χ1) is 9.61. The maximum Gasteiger partial charge on any atom is 0.168 e. The van der Waals surface area contributed by atoms with Crippen LogP contribution in [0.2, 0.25) is 0 Å². The van der Waals surface area contributed by atoms with Gasteiger partial charge in [0, 0.05) is 25.2 Å². The first kappa shape index (κ1) is 14.9. The normalized spacial score (nSPS) is 18.9. The van der Waals surface area contributed by atoms with E-state index in [1.165, 1.54) is 7.11 Å². The van der Waals surface area contributed by atoms with Crippen molar-refractivity contribution in [2.75, 3.05) is 13.7 Å². The summed E-state index contributed by atoms with van der Waals surface area (Å²) in [6.07, 6.45) is 3.63. The van der Waals surface area contributed by atoms with Crippen LogP contribution in [0.5, 0.6) is 5.75 Å². The third-order valence-corrected chi connectivity index (χ3v) is 3.50. The van der Waals surface area contributed by atoms with E-state index in [1.807, 2.05) is 0 Å². The molecule has 1 aliphatic heterocycles. The molecule has 0 N–H and O–H groups in total. The Bertz CT molecular complexity index is 459. The van der Waals surface area contributed by atoms with Crippen molar-refractivity contribution in [3.8, 4) is 5.75 Å². The lowest BCUT2D eigenvalue weighted by Crippen LogP contribution is -2.20. The van der Waals surface area contributed by atoms with Crippen molar-refractivity contribution < 1.29 is 23.0 Å². The first-order valence-electron chi connectivity index (χ1n) is 6.79. The molecular formula is C15H18F2O3. The molecule has 0 radical (unpaired) electrons. The molecule has 1 aliphatic rings. The highest BCUT2D eigenvalue weighted by Crippen LogP contribution is 2.23. The second-order valence-corrected chi connectivity index (χ2v) is 4.92. The zero-order chi connectivity index (χ0) is 14.5. The van der Waals surface area contributed by atoms with Crippen LogP contribution in [0.25, 0.3) is 0 Å². The quantitative estimate of drug-likeness (QED) is 0.776. The summed E-state index contributed by atoms with van der Waals surface area (Å²) >= 11 is 0. The number of carbonyl (C=O) groups is 1. The van der Waals surface area contributed by atoms with Gasteiger partial charge in [-0.1, -0.05) is 0 Å². The van der Waals surface area contributed by atoms with Crippen LogP contribution in [0.3, 0.4) is 0 Å². The summed E-state index contributed by atoms with van der Waals surface area (Å²) in [5.41, 5.74) is -0.485. The Hall–Kier alpha value is -1.49. The molecule has 1 aromatic carbocycles. The van der Waals surface area contributed by atoms with Crippen molar-refractivity contribution in [3.63, 3.8) is 0 Å². The number of benzene rings is 1. The predicted octanol–water partition coefficient (Wildman–Crippen LogP) is 3.51. The van der Waals surface area contributed by atoms with Crippen molar-refractivity contribution in [1.82, 2.24) is 0 Å². The standard InChI is InChI=1S/C15H18F2O3/c1-19-11-8-12(16)15(13(17)9-11)14(18)6-5-10-4-2-3-7-20-10/h8-10H,2-7H2,1H3. The van der Waals surface area contributed by atoms with E-state index in [4.69, 9.17) is 9.47 Å². The Morgan fingerprint density at radius 2 is 2.05 bits per heavy atom. The fourth-order valence-corrected chi connectivity index (χ4v) is 2.39. The summed E-state index contributed by atoms with van der Waals surface area (Å²) in [7, 11) is 1.32. The zero-order valence-corrected chi connectivity index (χ0v) is 11.5. The second kappa shape index (κ2) is 6.79. The summed E-state index contributed by atoms with van der Waals surface area (Å²) in [4.78, 5) is 12.0. The highest BCUT2D eigenvalue weighted by atomic mass is 19.1. The van der Waals surface area contributed by atoms with Crippen molar-refractivity contribution in [1.29, 1.82) is 0 Å². The van der Waals surface area contributed by atoms with Crippen LogP contribution in [-0.2, 0) is 4.74 Å². The van der Waals surface area contributed by atoms with Gasteiger partial charge in [0.1, 0.15) is 17.4 Å².